The topological polar surface area (TPSA) is 35.5 Å². The fraction of sp³-hybridized carbons (Fsp3) is 0.571. The number of esters is 1. The van der Waals surface area contributed by atoms with Crippen LogP contribution in [0.1, 0.15) is 13.8 Å². The van der Waals surface area contributed by atoms with Crippen LogP contribution in [0.3, 0.4) is 0 Å². The van der Waals surface area contributed by atoms with Gasteiger partial charge in [-0.3, -0.25) is 0 Å². The van der Waals surface area contributed by atoms with Gasteiger partial charge in [-0.2, -0.15) is 0 Å². The minimum atomic E-state index is -0.827. The third kappa shape index (κ3) is 1.91. The summed E-state index contributed by atoms with van der Waals surface area (Å²) in [4.78, 5) is 10.8. The first-order valence-corrected chi connectivity index (χ1v) is 4.19. The van der Waals surface area contributed by atoms with Gasteiger partial charge < -0.3 is 9.47 Å². The number of hydrogen-bond donors (Lipinski definition) is 0. The highest BCUT2D eigenvalue weighted by molar-refractivity contribution is 6.48. The van der Waals surface area contributed by atoms with Crippen LogP contribution >= 0.6 is 23.2 Å². The lowest BCUT2D eigenvalue weighted by Gasteiger charge is -2.13. The quantitative estimate of drug-likeness (QED) is 0.655. The fourth-order valence-electron chi connectivity index (χ4n) is 0.736. The Morgan fingerprint density at radius 1 is 1.50 bits per heavy atom. The molecule has 1 atom stereocenters. The Hall–Kier alpha value is -0.250. The molecule has 12 heavy (non-hydrogen) atoms. The molecule has 0 amide bonds. The van der Waals surface area contributed by atoms with Crippen LogP contribution in [-0.2, 0) is 14.3 Å². The monoisotopic (exact) mass is 210 g/mol. The van der Waals surface area contributed by atoms with Gasteiger partial charge in [-0.25, -0.2) is 4.79 Å². The highest BCUT2D eigenvalue weighted by Crippen LogP contribution is 2.29. The molecule has 5 heteroatoms. The third-order valence-electron chi connectivity index (χ3n) is 1.21. The average Bonchev–Trinajstić information content (AvgIpc) is 2.17. The van der Waals surface area contributed by atoms with Gasteiger partial charge in [0.1, 0.15) is 10.1 Å². The maximum absolute atomic E-state index is 10.8. The van der Waals surface area contributed by atoms with Gasteiger partial charge in [0.25, 0.3) is 0 Å². The van der Waals surface area contributed by atoms with Gasteiger partial charge >= 0.3 is 5.97 Å². The smallest absolute Gasteiger partial charge is 0.353 e. The van der Waals surface area contributed by atoms with E-state index in [1.807, 2.05) is 13.8 Å². The normalized spacial score (nSPS) is 23.8. The standard InChI is InChI=1S/C7H8Cl2O3/c1-3(2)11-7-5(9)4(8)6(10)12-7/h3,7H,1-2H3. The summed E-state index contributed by atoms with van der Waals surface area (Å²) in [5.74, 6) is -0.632. The van der Waals surface area contributed by atoms with Crippen LogP contribution in [0.25, 0.3) is 0 Å². The second-order valence-electron chi connectivity index (χ2n) is 2.58. The number of carbonyl (C=O) groups is 1. The number of rotatable bonds is 2. The molecule has 3 nitrogen and oxygen atoms in total. The molecule has 0 bridgehead atoms. The van der Waals surface area contributed by atoms with E-state index in [-0.39, 0.29) is 16.2 Å². The van der Waals surface area contributed by atoms with Crippen molar-refractivity contribution in [2.24, 2.45) is 0 Å². The molecule has 0 radical (unpaired) electrons. The predicted octanol–water partition coefficient (Wildman–Crippen LogP) is 1.98. The lowest BCUT2D eigenvalue weighted by molar-refractivity contribution is -0.164. The second kappa shape index (κ2) is 3.64. The third-order valence-corrected chi connectivity index (χ3v) is 2.03. The second-order valence-corrected chi connectivity index (χ2v) is 3.37. The maximum Gasteiger partial charge on any atom is 0.353 e. The van der Waals surface area contributed by atoms with Crippen LogP contribution < -0.4 is 0 Å². The van der Waals surface area contributed by atoms with Gasteiger partial charge in [0.05, 0.1) is 6.10 Å². The Bertz CT molecular complexity index is 235. The summed E-state index contributed by atoms with van der Waals surface area (Å²) in [5, 5.41) is 0.0256. The Kier molecular flexibility index (Phi) is 2.99. The summed E-state index contributed by atoms with van der Waals surface area (Å²) >= 11 is 11.1. The summed E-state index contributed by atoms with van der Waals surface area (Å²) in [6.45, 7) is 3.62. The number of halogens is 2. The summed E-state index contributed by atoms with van der Waals surface area (Å²) in [7, 11) is 0. The summed E-state index contributed by atoms with van der Waals surface area (Å²) in [6, 6.07) is 0. The average molecular weight is 211 g/mol. The van der Waals surface area contributed by atoms with Gasteiger partial charge in [0.2, 0.25) is 6.29 Å². The van der Waals surface area contributed by atoms with Crippen molar-refractivity contribution in [3.05, 3.63) is 10.1 Å². The van der Waals surface area contributed by atoms with Gasteiger partial charge in [0, 0.05) is 0 Å². The van der Waals surface area contributed by atoms with E-state index in [1.54, 1.807) is 0 Å². The molecular formula is C7H8Cl2O3. The van der Waals surface area contributed by atoms with Crippen molar-refractivity contribution in [1.29, 1.82) is 0 Å². The van der Waals surface area contributed by atoms with E-state index in [4.69, 9.17) is 32.7 Å². The molecule has 0 aliphatic carbocycles. The van der Waals surface area contributed by atoms with Crippen LogP contribution in [0.15, 0.2) is 10.1 Å². The summed E-state index contributed by atoms with van der Waals surface area (Å²) in [6.07, 6.45) is -0.897. The van der Waals surface area contributed by atoms with Crippen LogP contribution in [-0.4, -0.2) is 18.4 Å². The molecule has 68 valence electrons. The lowest BCUT2D eigenvalue weighted by Crippen LogP contribution is -2.18. The molecule has 0 aromatic heterocycles. The molecule has 1 heterocycles. The summed E-state index contributed by atoms with van der Waals surface area (Å²) in [5.41, 5.74) is 0. The molecule has 0 saturated carbocycles. The number of hydrogen-bond acceptors (Lipinski definition) is 3. The predicted molar refractivity (Wildman–Crippen MR) is 44.8 cm³/mol. The van der Waals surface area contributed by atoms with Crippen LogP contribution in [0.4, 0.5) is 0 Å². The van der Waals surface area contributed by atoms with Crippen molar-refractivity contribution in [2.45, 2.75) is 26.2 Å². The first kappa shape index (κ1) is 9.84. The molecule has 0 aromatic carbocycles. The summed E-state index contributed by atoms with van der Waals surface area (Å²) < 4.78 is 9.84. The number of carbonyl (C=O) groups excluding carboxylic acids is 1. The zero-order valence-electron chi connectivity index (χ0n) is 6.64. The van der Waals surface area contributed by atoms with Crippen LogP contribution in [0, 0.1) is 0 Å². The van der Waals surface area contributed by atoms with Gasteiger partial charge in [-0.15, -0.1) is 0 Å². The molecular weight excluding hydrogens is 203 g/mol. The minimum Gasteiger partial charge on any atom is -0.426 e. The minimum absolute atomic E-state index is 0.0703. The Morgan fingerprint density at radius 2 is 2.08 bits per heavy atom. The highest BCUT2D eigenvalue weighted by Gasteiger charge is 2.33. The first-order valence-electron chi connectivity index (χ1n) is 3.44. The molecule has 1 unspecified atom stereocenters. The SMILES string of the molecule is CC(C)OC1OC(=O)C(Cl)=C1Cl. The van der Waals surface area contributed by atoms with Crippen molar-refractivity contribution in [1.82, 2.24) is 0 Å². The fourth-order valence-corrected chi connectivity index (χ4v) is 1.04. The van der Waals surface area contributed by atoms with Gasteiger partial charge in [-0.1, -0.05) is 23.2 Å². The van der Waals surface area contributed by atoms with E-state index < -0.39 is 12.3 Å². The Balaban J connectivity index is 2.67. The van der Waals surface area contributed by atoms with Crippen molar-refractivity contribution in [3.8, 4) is 0 Å². The maximum atomic E-state index is 10.8. The van der Waals surface area contributed by atoms with Crippen molar-refractivity contribution in [3.63, 3.8) is 0 Å². The van der Waals surface area contributed by atoms with Gasteiger partial charge in [0.15, 0.2) is 0 Å². The number of ether oxygens (including phenoxy) is 2. The van der Waals surface area contributed by atoms with E-state index >= 15 is 0 Å². The molecule has 0 saturated heterocycles. The van der Waals surface area contributed by atoms with Crippen molar-refractivity contribution >= 4 is 29.2 Å². The highest BCUT2D eigenvalue weighted by atomic mass is 35.5. The van der Waals surface area contributed by atoms with Crippen LogP contribution in [0.2, 0.25) is 0 Å². The molecule has 1 aliphatic rings. The molecule has 0 fully saturated rings. The van der Waals surface area contributed by atoms with Crippen molar-refractivity contribution < 1.29 is 14.3 Å². The largest absolute Gasteiger partial charge is 0.426 e. The molecule has 0 aromatic rings. The van der Waals surface area contributed by atoms with Gasteiger partial charge in [-0.05, 0) is 13.8 Å². The van der Waals surface area contributed by atoms with E-state index in [2.05, 4.69) is 0 Å². The van der Waals surface area contributed by atoms with E-state index in [9.17, 15) is 4.79 Å². The van der Waals surface area contributed by atoms with Crippen LogP contribution in [0.5, 0.6) is 0 Å². The van der Waals surface area contributed by atoms with E-state index in [0.717, 1.165) is 0 Å². The molecule has 0 spiro atoms. The zero-order chi connectivity index (χ0) is 9.30. The molecule has 1 rings (SSSR count). The molecule has 0 N–H and O–H groups in total. The number of cyclic esters (lactones) is 1. The van der Waals surface area contributed by atoms with Crippen molar-refractivity contribution in [2.75, 3.05) is 0 Å². The zero-order valence-corrected chi connectivity index (χ0v) is 8.15. The first-order chi connectivity index (χ1) is 5.52. The Labute approximate surface area is 80.2 Å². The van der Waals surface area contributed by atoms with E-state index in [1.165, 1.54) is 0 Å². The molecule has 1 aliphatic heterocycles. The lowest BCUT2D eigenvalue weighted by atomic mass is 10.4. The Morgan fingerprint density at radius 3 is 2.42 bits per heavy atom. The van der Waals surface area contributed by atoms with E-state index in [0.29, 0.717) is 0 Å².